The van der Waals surface area contributed by atoms with Crippen molar-refractivity contribution in [2.75, 3.05) is 11.9 Å². The molecular formula is C26H26N2. The van der Waals surface area contributed by atoms with E-state index in [1.807, 2.05) is 0 Å². The van der Waals surface area contributed by atoms with Crippen LogP contribution in [0, 0.1) is 20.8 Å². The number of aryl methyl sites for hydroxylation is 3. The number of hydrogen-bond acceptors (Lipinski definition) is 2. The lowest BCUT2D eigenvalue weighted by Gasteiger charge is -2.24. The Morgan fingerprint density at radius 2 is 1.46 bits per heavy atom. The van der Waals surface area contributed by atoms with Gasteiger partial charge in [-0.3, -0.25) is 4.98 Å². The average Bonchev–Trinajstić information content (AvgIpc) is 2.67. The quantitative estimate of drug-likeness (QED) is 0.412. The van der Waals surface area contributed by atoms with Gasteiger partial charge in [0, 0.05) is 18.3 Å². The number of pyridine rings is 1. The molecule has 0 bridgehead atoms. The van der Waals surface area contributed by atoms with Gasteiger partial charge in [-0.05, 0) is 54.8 Å². The Kier molecular flexibility index (Phi) is 4.87. The largest absolute Gasteiger partial charge is 0.368 e. The predicted molar refractivity (Wildman–Crippen MR) is 120 cm³/mol. The summed E-state index contributed by atoms with van der Waals surface area (Å²) < 4.78 is 0. The maximum atomic E-state index is 4.99. The van der Waals surface area contributed by atoms with Crippen molar-refractivity contribution in [2.24, 2.45) is 0 Å². The Morgan fingerprint density at radius 3 is 2.25 bits per heavy atom. The van der Waals surface area contributed by atoms with Crippen LogP contribution in [0.5, 0.6) is 0 Å². The summed E-state index contributed by atoms with van der Waals surface area (Å²) in [5.74, 6) is 0. The molecule has 0 spiro atoms. The van der Waals surface area contributed by atoms with Crippen molar-refractivity contribution in [3.8, 4) is 11.3 Å². The maximum Gasteiger partial charge on any atom is 0.0712 e. The summed E-state index contributed by atoms with van der Waals surface area (Å²) in [5, 5.41) is 2.49. The van der Waals surface area contributed by atoms with E-state index in [-0.39, 0.29) is 0 Å². The van der Waals surface area contributed by atoms with Crippen LogP contribution < -0.4 is 4.90 Å². The van der Waals surface area contributed by atoms with E-state index < -0.39 is 0 Å². The molecule has 0 fully saturated rings. The number of benzene rings is 3. The minimum Gasteiger partial charge on any atom is -0.368 e. The third-order valence-electron chi connectivity index (χ3n) is 5.29. The number of nitrogens with zero attached hydrogens (tertiary/aromatic N) is 2. The fourth-order valence-electron chi connectivity index (χ4n) is 4.26. The lowest BCUT2D eigenvalue weighted by molar-refractivity contribution is 0.877. The van der Waals surface area contributed by atoms with Crippen molar-refractivity contribution in [3.63, 3.8) is 0 Å². The molecule has 28 heavy (non-hydrogen) atoms. The van der Waals surface area contributed by atoms with E-state index in [0.717, 1.165) is 17.9 Å². The zero-order chi connectivity index (χ0) is 19.7. The first-order valence-corrected chi connectivity index (χ1v) is 9.76. The van der Waals surface area contributed by atoms with E-state index in [2.05, 4.69) is 106 Å². The second kappa shape index (κ2) is 7.47. The van der Waals surface area contributed by atoms with Gasteiger partial charge in [0.1, 0.15) is 0 Å². The monoisotopic (exact) mass is 366 g/mol. The smallest absolute Gasteiger partial charge is 0.0712 e. The molecule has 1 aromatic heterocycles. The van der Waals surface area contributed by atoms with Crippen LogP contribution in [-0.4, -0.2) is 12.0 Å². The highest BCUT2D eigenvalue weighted by Crippen LogP contribution is 2.29. The second-order valence-electron chi connectivity index (χ2n) is 7.64. The molecule has 0 radical (unpaired) electrons. The van der Waals surface area contributed by atoms with Gasteiger partial charge in [-0.2, -0.15) is 0 Å². The summed E-state index contributed by atoms with van der Waals surface area (Å²) in [6.45, 7) is 7.31. The summed E-state index contributed by atoms with van der Waals surface area (Å²) in [5.41, 5.74) is 8.51. The fourth-order valence-corrected chi connectivity index (χ4v) is 4.26. The average molecular weight is 367 g/mol. The van der Waals surface area contributed by atoms with E-state index in [1.54, 1.807) is 0 Å². The van der Waals surface area contributed by atoms with E-state index in [4.69, 9.17) is 4.98 Å². The van der Waals surface area contributed by atoms with Gasteiger partial charge in [-0.15, -0.1) is 0 Å². The minimum atomic E-state index is 0.781. The Bertz CT molecular complexity index is 1120. The van der Waals surface area contributed by atoms with Crippen LogP contribution >= 0.6 is 0 Å². The summed E-state index contributed by atoms with van der Waals surface area (Å²) >= 11 is 0. The molecule has 0 aliphatic heterocycles. The SMILES string of the molecule is Cc1cc(C)c(N(C)Cc2cccc(-c3cccc4ccccc34)n2)c(C)c1. The van der Waals surface area contributed by atoms with E-state index >= 15 is 0 Å². The summed E-state index contributed by atoms with van der Waals surface area (Å²) in [7, 11) is 2.15. The number of fused-ring (bicyclic) bond motifs is 1. The van der Waals surface area contributed by atoms with Gasteiger partial charge in [0.25, 0.3) is 0 Å². The molecule has 2 nitrogen and oxygen atoms in total. The number of rotatable bonds is 4. The van der Waals surface area contributed by atoms with Crippen LogP contribution in [0.1, 0.15) is 22.4 Å². The molecule has 4 rings (SSSR count). The molecule has 4 aromatic rings. The van der Waals surface area contributed by atoms with Crippen molar-refractivity contribution in [1.82, 2.24) is 4.98 Å². The molecule has 0 aliphatic carbocycles. The van der Waals surface area contributed by atoms with Gasteiger partial charge in [0.2, 0.25) is 0 Å². The molecule has 0 saturated carbocycles. The topological polar surface area (TPSA) is 16.1 Å². The molecule has 140 valence electrons. The first kappa shape index (κ1) is 18.2. The molecule has 0 amide bonds. The van der Waals surface area contributed by atoms with E-state index in [1.165, 1.54) is 38.7 Å². The number of hydrogen-bond donors (Lipinski definition) is 0. The Balaban J connectivity index is 1.68. The second-order valence-corrected chi connectivity index (χ2v) is 7.64. The van der Waals surface area contributed by atoms with Gasteiger partial charge in [0.15, 0.2) is 0 Å². The van der Waals surface area contributed by atoms with Crippen molar-refractivity contribution < 1.29 is 0 Å². The normalized spacial score (nSPS) is 11.0. The van der Waals surface area contributed by atoms with E-state index in [9.17, 15) is 0 Å². The highest BCUT2D eigenvalue weighted by atomic mass is 15.1. The number of aromatic nitrogens is 1. The van der Waals surface area contributed by atoms with Gasteiger partial charge in [-0.1, -0.05) is 66.2 Å². The van der Waals surface area contributed by atoms with E-state index in [0.29, 0.717) is 0 Å². The van der Waals surface area contributed by atoms with Crippen molar-refractivity contribution in [3.05, 3.63) is 95.2 Å². The van der Waals surface area contributed by atoms with Crippen LogP contribution in [0.15, 0.2) is 72.8 Å². The molecule has 1 heterocycles. The molecule has 0 N–H and O–H groups in total. The summed E-state index contributed by atoms with van der Waals surface area (Å²) in [6, 6.07) is 25.7. The molecule has 0 unspecified atom stereocenters. The lowest BCUT2D eigenvalue weighted by Crippen LogP contribution is -2.19. The maximum absolute atomic E-state index is 4.99. The predicted octanol–water partition coefficient (Wildman–Crippen LogP) is 6.46. The standard InChI is InChI=1S/C26H26N2/c1-18-15-19(2)26(20(3)16-18)28(4)17-22-11-8-14-25(27-22)24-13-7-10-21-9-5-6-12-23(21)24/h5-16H,17H2,1-4H3. The fraction of sp³-hybridized carbons (Fsp3) is 0.192. The highest BCUT2D eigenvalue weighted by Gasteiger charge is 2.11. The van der Waals surface area contributed by atoms with Gasteiger partial charge in [0.05, 0.1) is 17.9 Å². The Hall–Kier alpha value is -3.13. The summed E-state index contributed by atoms with van der Waals surface area (Å²) in [4.78, 5) is 7.30. The van der Waals surface area contributed by atoms with Crippen molar-refractivity contribution in [2.45, 2.75) is 27.3 Å². The van der Waals surface area contributed by atoms with Crippen LogP contribution in [0.25, 0.3) is 22.0 Å². The van der Waals surface area contributed by atoms with Crippen LogP contribution in [0.3, 0.4) is 0 Å². The first-order chi connectivity index (χ1) is 13.5. The first-order valence-electron chi connectivity index (χ1n) is 9.76. The van der Waals surface area contributed by atoms with Gasteiger partial charge < -0.3 is 4.90 Å². The third-order valence-corrected chi connectivity index (χ3v) is 5.29. The molecule has 2 heteroatoms. The molecule has 0 atom stereocenters. The molecule has 0 aliphatic rings. The zero-order valence-electron chi connectivity index (χ0n) is 17.0. The van der Waals surface area contributed by atoms with Crippen molar-refractivity contribution in [1.29, 1.82) is 0 Å². The zero-order valence-corrected chi connectivity index (χ0v) is 17.0. The third kappa shape index (κ3) is 3.50. The molecule has 0 saturated heterocycles. The molecule has 3 aromatic carbocycles. The van der Waals surface area contributed by atoms with Crippen LogP contribution in [-0.2, 0) is 6.54 Å². The number of anilines is 1. The highest BCUT2D eigenvalue weighted by molar-refractivity contribution is 5.95. The van der Waals surface area contributed by atoms with Crippen LogP contribution in [0.2, 0.25) is 0 Å². The molecular weight excluding hydrogens is 340 g/mol. The van der Waals surface area contributed by atoms with Crippen LogP contribution in [0.4, 0.5) is 5.69 Å². The Morgan fingerprint density at radius 1 is 0.786 bits per heavy atom. The minimum absolute atomic E-state index is 0.781. The Labute approximate surface area is 167 Å². The van der Waals surface area contributed by atoms with Crippen molar-refractivity contribution >= 4 is 16.5 Å². The van der Waals surface area contributed by atoms with Gasteiger partial charge in [-0.25, -0.2) is 0 Å². The lowest BCUT2D eigenvalue weighted by atomic mass is 10.0. The van der Waals surface area contributed by atoms with Gasteiger partial charge >= 0.3 is 0 Å². The summed E-state index contributed by atoms with van der Waals surface area (Å²) in [6.07, 6.45) is 0.